The van der Waals surface area contributed by atoms with Gasteiger partial charge in [-0.2, -0.15) is 0 Å². The third-order valence-corrected chi connectivity index (χ3v) is 8.43. The Morgan fingerprint density at radius 1 is 0.362 bits per heavy atom. The summed E-state index contributed by atoms with van der Waals surface area (Å²) >= 11 is 0. The molecule has 0 atom stereocenters. The Balaban J connectivity index is 1.13. The normalized spacial score (nSPS) is 10.8. The predicted octanol–water partition coefficient (Wildman–Crippen LogP) is 11.8. The van der Waals surface area contributed by atoms with Crippen LogP contribution in [0.5, 0.6) is 11.5 Å². The largest absolute Gasteiger partial charge is 0.458 e. The van der Waals surface area contributed by atoms with Crippen LogP contribution in [0.3, 0.4) is 0 Å². The Kier molecular flexibility index (Phi) is 9.88. The van der Waals surface area contributed by atoms with E-state index in [9.17, 15) is 0 Å². The van der Waals surface area contributed by atoms with Gasteiger partial charge in [-0.3, -0.25) is 0 Å². The number of aryl methyl sites for hydroxylation is 4. The van der Waals surface area contributed by atoms with E-state index in [1.165, 1.54) is 22.3 Å². The third kappa shape index (κ3) is 7.67. The predicted molar refractivity (Wildman–Crippen MR) is 197 cm³/mol. The first-order valence-electron chi connectivity index (χ1n) is 16.4. The Morgan fingerprint density at radius 2 is 0.617 bits per heavy atom. The highest BCUT2D eigenvalue weighted by Gasteiger charge is 2.14. The van der Waals surface area contributed by atoms with E-state index in [0.717, 1.165) is 58.5 Å². The zero-order chi connectivity index (χ0) is 32.6. The molecule has 0 N–H and O–H groups in total. The number of rotatable bonds is 12. The number of hydrogen-bond acceptors (Lipinski definition) is 4. The average molecular weight is 619 g/mol. The molecule has 47 heavy (non-hydrogen) atoms. The quantitative estimate of drug-likeness (QED) is 0.127. The van der Waals surface area contributed by atoms with Crippen LogP contribution in [0.15, 0.2) is 146 Å². The van der Waals surface area contributed by atoms with Crippen LogP contribution in [-0.2, 0) is 12.8 Å². The molecule has 6 rings (SSSR count). The van der Waals surface area contributed by atoms with Crippen LogP contribution < -0.4 is 19.3 Å². The summed E-state index contributed by atoms with van der Waals surface area (Å²) in [6, 6.07) is 51.1. The molecule has 0 aliphatic rings. The lowest BCUT2D eigenvalue weighted by Gasteiger charge is -2.26. The zero-order valence-electron chi connectivity index (χ0n) is 27.7. The lowest BCUT2D eigenvalue weighted by atomic mass is 10.1. The van der Waals surface area contributed by atoms with E-state index in [1.807, 2.05) is 24.3 Å². The molecule has 4 heteroatoms. The Bertz CT molecular complexity index is 1700. The first kappa shape index (κ1) is 31.5. The molecule has 0 aliphatic heterocycles. The van der Waals surface area contributed by atoms with Gasteiger partial charge >= 0.3 is 0 Å². The van der Waals surface area contributed by atoms with Crippen molar-refractivity contribution in [3.8, 4) is 11.5 Å². The molecule has 0 unspecified atom stereocenters. The number of benzene rings is 6. The molecule has 0 saturated carbocycles. The van der Waals surface area contributed by atoms with Gasteiger partial charge < -0.3 is 19.3 Å². The minimum absolute atomic E-state index is 0.110. The fourth-order valence-electron chi connectivity index (χ4n) is 5.59. The maximum Gasteiger partial charge on any atom is 0.230 e. The maximum atomic E-state index is 6.00. The number of hydrogen-bond donors (Lipinski definition) is 0. The van der Waals surface area contributed by atoms with Crippen molar-refractivity contribution in [1.29, 1.82) is 0 Å². The van der Waals surface area contributed by atoms with E-state index < -0.39 is 0 Å². The molecule has 0 bridgehead atoms. The molecule has 0 heterocycles. The van der Waals surface area contributed by atoms with Gasteiger partial charge in [-0.1, -0.05) is 73.5 Å². The number of nitrogens with zero attached hydrogens (tertiary/aromatic N) is 2. The summed E-state index contributed by atoms with van der Waals surface area (Å²) < 4.78 is 12.0. The minimum atomic E-state index is 0.110. The van der Waals surface area contributed by atoms with Gasteiger partial charge in [0.2, 0.25) is 6.79 Å². The van der Waals surface area contributed by atoms with Crippen LogP contribution >= 0.6 is 0 Å². The van der Waals surface area contributed by atoms with E-state index >= 15 is 0 Å². The van der Waals surface area contributed by atoms with Crippen molar-refractivity contribution >= 4 is 34.1 Å². The van der Waals surface area contributed by atoms with Crippen molar-refractivity contribution in [2.75, 3.05) is 16.6 Å². The van der Waals surface area contributed by atoms with Gasteiger partial charge in [0.25, 0.3) is 0 Å². The fraction of sp³-hybridized carbons (Fsp3) is 0.163. The molecule has 4 nitrogen and oxygen atoms in total. The van der Waals surface area contributed by atoms with Crippen molar-refractivity contribution in [2.24, 2.45) is 0 Å². The van der Waals surface area contributed by atoms with Crippen LogP contribution in [0.2, 0.25) is 0 Å². The lowest BCUT2D eigenvalue weighted by Crippen LogP contribution is -2.11. The summed E-state index contributed by atoms with van der Waals surface area (Å²) in [4.78, 5) is 4.53. The smallest absolute Gasteiger partial charge is 0.230 e. The van der Waals surface area contributed by atoms with Crippen LogP contribution in [0.4, 0.5) is 34.1 Å². The second-order valence-corrected chi connectivity index (χ2v) is 11.8. The molecule has 0 aromatic heterocycles. The first-order valence-corrected chi connectivity index (χ1v) is 16.4. The van der Waals surface area contributed by atoms with Gasteiger partial charge in [0, 0.05) is 34.1 Å². The fourth-order valence-corrected chi connectivity index (χ4v) is 5.59. The molecule has 6 aromatic carbocycles. The van der Waals surface area contributed by atoms with Crippen molar-refractivity contribution < 1.29 is 9.47 Å². The van der Waals surface area contributed by atoms with Crippen LogP contribution in [0, 0.1) is 13.8 Å². The Hall–Kier alpha value is -5.48. The highest BCUT2D eigenvalue weighted by atomic mass is 16.7. The summed E-state index contributed by atoms with van der Waals surface area (Å²) in [5, 5.41) is 0. The molecule has 0 fully saturated rings. The highest BCUT2D eigenvalue weighted by molar-refractivity contribution is 5.78. The standard InChI is InChI=1S/C43H42N2O2/c1-5-34-11-19-38(20-12-34)44(36-15-7-32(3)8-16-36)40-23-27-42(28-24-40)46-31-47-43-29-25-41(26-30-43)45(37-17-9-33(4)10-18-37)39-21-13-35(6-2)14-22-39/h7-30H,5-6,31H2,1-4H3. The number of ether oxygens (including phenoxy) is 2. The molecular formula is C43H42N2O2. The van der Waals surface area contributed by atoms with E-state index in [-0.39, 0.29) is 6.79 Å². The van der Waals surface area contributed by atoms with Crippen molar-refractivity contribution in [3.05, 3.63) is 168 Å². The zero-order valence-corrected chi connectivity index (χ0v) is 27.7. The van der Waals surface area contributed by atoms with Gasteiger partial charge in [0.15, 0.2) is 0 Å². The molecule has 6 aromatic rings. The lowest BCUT2D eigenvalue weighted by molar-refractivity contribution is 0.120. The van der Waals surface area contributed by atoms with Crippen molar-refractivity contribution in [1.82, 2.24) is 0 Å². The van der Waals surface area contributed by atoms with Crippen LogP contribution in [0.25, 0.3) is 0 Å². The van der Waals surface area contributed by atoms with E-state index in [4.69, 9.17) is 9.47 Å². The Labute approximate surface area is 279 Å². The number of anilines is 6. The van der Waals surface area contributed by atoms with Crippen molar-refractivity contribution in [2.45, 2.75) is 40.5 Å². The Morgan fingerprint density at radius 3 is 0.894 bits per heavy atom. The molecule has 0 saturated heterocycles. The second kappa shape index (κ2) is 14.7. The summed E-state index contributed by atoms with van der Waals surface area (Å²) in [6.07, 6.45) is 2.03. The molecule has 236 valence electrons. The minimum Gasteiger partial charge on any atom is -0.458 e. The van der Waals surface area contributed by atoms with Gasteiger partial charge in [-0.25, -0.2) is 0 Å². The first-order chi connectivity index (χ1) is 23.0. The van der Waals surface area contributed by atoms with E-state index in [2.05, 4.69) is 159 Å². The van der Waals surface area contributed by atoms with Gasteiger partial charge in [-0.05, 0) is 135 Å². The van der Waals surface area contributed by atoms with Crippen LogP contribution in [-0.4, -0.2) is 6.79 Å². The highest BCUT2D eigenvalue weighted by Crippen LogP contribution is 2.37. The molecule has 0 aliphatic carbocycles. The summed E-state index contributed by atoms with van der Waals surface area (Å²) in [6.45, 7) is 8.69. The average Bonchev–Trinajstić information content (AvgIpc) is 3.12. The summed E-state index contributed by atoms with van der Waals surface area (Å²) in [7, 11) is 0. The molecule has 0 spiro atoms. The summed E-state index contributed by atoms with van der Waals surface area (Å²) in [5.41, 5.74) is 11.7. The van der Waals surface area contributed by atoms with Gasteiger partial charge in [-0.15, -0.1) is 0 Å². The van der Waals surface area contributed by atoms with E-state index in [1.54, 1.807) is 0 Å². The maximum absolute atomic E-state index is 6.00. The van der Waals surface area contributed by atoms with E-state index in [0.29, 0.717) is 0 Å². The molecule has 0 amide bonds. The van der Waals surface area contributed by atoms with Crippen molar-refractivity contribution in [3.63, 3.8) is 0 Å². The monoisotopic (exact) mass is 618 g/mol. The SMILES string of the molecule is CCc1ccc(N(c2ccc(C)cc2)c2ccc(OCOc3ccc(N(c4ccc(C)cc4)c4ccc(CC)cc4)cc3)cc2)cc1. The molecular weight excluding hydrogens is 576 g/mol. The topological polar surface area (TPSA) is 24.9 Å². The van der Waals surface area contributed by atoms with Gasteiger partial charge in [0.1, 0.15) is 11.5 Å². The second-order valence-electron chi connectivity index (χ2n) is 11.8. The van der Waals surface area contributed by atoms with Crippen LogP contribution in [0.1, 0.15) is 36.1 Å². The van der Waals surface area contributed by atoms with Gasteiger partial charge in [0.05, 0.1) is 0 Å². The third-order valence-electron chi connectivity index (χ3n) is 8.43. The summed E-state index contributed by atoms with van der Waals surface area (Å²) in [5.74, 6) is 1.49. The molecule has 0 radical (unpaired) electrons.